The quantitative estimate of drug-likeness (QED) is 0.829. The Bertz CT molecular complexity index is 1070. The molecular weight excluding hydrogens is 378 g/mol. The van der Waals surface area contributed by atoms with E-state index in [4.69, 9.17) is 9.73 Å². The summed E-state index contributed by atoms with van der Waals surface area (Å²) < 4.78 is 5.59. The number of pyridine rings is 1. The molecule has 2 aromatic rings. The number of aliphatic imine (C=N–C) groups is 1. The molecule has 1 aromatic carbocycles. The smallest absolute Gasteiger partial charge is 0.235 e. The first-order valence-corrected chi connectivity index (χ1v) is 10.2. The van der Waals surface area contributed by atoms with Crippen LogP contribution in [-0.4, -0.2) is 29.5 Å². The monoisotopic (exact) mass is 403 g/mol. The number of benzene rings is 1. The van der Waals surface area contributed by atoms with Gasteiger partial charge < -0.3 is 10.1 Å². The number of carbonyl (C=O) groups excluding carboxylic acids is 2. The molecule has 1 aliphatic carbocycles. The zero-order chi connectivity index (χ0) is 21.3. The summed E-state index contributed by atoms with van der Waals surface area (Å²) in [7, 11) is 1.60. The minimum atomic E-state index is -0.621. The maximum absolute atomic E-state index is 13.4. The maximum atomic E-state index is 13.4. The van der Waals surface area contributed by atoms with Crippen LogP contribution >= 0.6 is 0 Å². The van der Waals surface area contributed by atoms with Crippen molar-refractivity contribution in [3.05, 3.63) is 65.0 Å². The molecule has 2 aliphatic rings. The highest BCUT2D eigenvalue weighted by molar-refractivity contribution is 6.13. The average Bonchev–Trinajstić information content (AvgIpc) is 2.72. The van der Waals surface area contributed by atoms with Gasteiger partial charge in [0.15, 0.2) is 5.78 Å². The molecule has 0 bridgehead atoms. The molecule has 0 fully saturated rings. The summed E-state index contributed by atoms with van der Waals surface area (Å²) in [4.78, 5) is 35.4. The van der Waals surface area contributed by atoms with Crippen molar-refractivity contribution >= 4 is 23.2 Å². The normalized spacial score (nSPS) is 21.0. The van der Waals surface area contributed by atoms with E-state index in [0.717, 1.165) is 29.7 Å². The fourth-order valence-electron chi connectivity index (χ4n) is 4.41. The molecule has 154 valence electrons. The van der Waals surface area contributed by atoms with Gasteiger partial charge >= 0.3 is 0 Å². The third-order valence-electron chi connectivity index (χ3n) is 5.76. The Kier molecular flexibility index (Phi) is 5.48. The van der Waals surface area contributed by atoms with Crippen LogP contribution in [0.3, 0.4) is 0 Å². The third kappa shape index (κ3) is 3.65. The molecule has 4 rings (SSSR count). The SMILES string of the molecule is COc1ccccc1[C@H]1C2=C(CCCC2=O)N=C(C)C1C(=O)Nc1cc(C)ccn1. The van der Waals surface area contributed by atoms with Gasteiger partial charge in [0.25, 0.3) is 0 Å². The molecule has 30 heavy (non-hydrogen) atoms. The first-order valence-electron chi connectivity index (χ1n) is 10.2. The lowest BCUT2D eigenvalue weighted by Crippen LogP contribution is -2.39. The molecule has 2 heterocycles. The van der Waals surface area contributed by atoms with Gasteiger partial charge in [-0.25, -0.2) is 4.98 Å². The number of para-hydroxylation sites is 1. The second kappa shape index (κ2) is 8.22. The number of aromatic nitrogens is 1. The van der Waals surface area contributed by atoms with E-state index in [-0.39, 0.29) is 11.7 Å². The van der Waals surface area contributed by atoms with E-state index in [9.17, 15) is 9.59 Å². The van der Waals surface area contributed by atoms with Crippen molar-refractivity contribution in [3.8, 4) is 5.75 Å². The summed E-state index contributed by atoms with van der Waals surface area (Å²) in [5.41, 5.74) is 3.98. The molecule has 1 N–H and O–H groups in total. The van der Waals surface area contributed by atoms with E-state index in [1.807, 2.05) is 50.2 Å². The van der Waals surface area contributed by atoms with Crippen LogP contribution in [0.2, 0.25) is 0 Å². The lowest BCUT2D eigenvalue weighted by atomic mass is 9.71. The number of Topliss-reactive ketones (excluding diaryl/α,β-unsaturated/α-hetero) is 1. The van der Waals surface area contributed by atoms with Crippen molar-refractivity contribution in [1.29, 1.82) is 0 Å². The Morgan fingerprint density at radius 1 is 1.17 bits per heavy atom. The molecule has 1 aromatic heterocycles. The van der Waals surface area contributed by atoms with Crippen LogP contribution in [0.5, 0.6) is 5.75 Å². The first-order chi connectivity index (χ1) is 14.5. The second-order valence-corrected chi connectivity index (χ2v) is 7.80. The van der Waals surface area contributed by atoms with Crippen LogP contribution in [0.4, 0.5) is 5.82 Å². The van der Waals surface area contributed by atoms with Gasteiger partial charge in [-0.2, -0.15) is 0 Å². The second-order valence-electron chi connectivity index (χ2n) is 7.80. The molecule has 0 spiro atoms. The van der Waals surface area contributed by atoms with Crippen molar-refractivity contribution in [2.75, 3.05) is 12.4 Å². The van der Waals surface area contributed by atoms with Gasteiger partial charge in [-0.15, -0.1) is 0 Å². The van der Waals surface area contributed by atoms with Gasteiger partial charge in [-0.3, -0.25) is 14.6 Å². The van der Waals surface area contributed by atoms with E-state index in [1.165, 1.54) is 0 Å². The number of hydrogen-bond acceptors (Lipinski definition) is 5. The standard InChI is InChI=1S/C24H25N3O3/c1-14-11-12-25-20(13-14)27-24(29)21-15(2)26-17-8-6-9-18(28)23(17)22(21)16-7-4-5-10-19(16)30-3/h4-5,7,10-13,21-22H,6,8-9H2,1-3H3,(H,25,27,29)/t21?,22-/m1/s1. The molecule has 0 saturated heterocycles. The molecule has 0 radical (unpaired) electrons. The number of carbonyl (C=O) groups is 2. The van der Waals surface area contributed by atoms with Crippen molar-refractivity contribution in [2.24, 2.45) is 10.9 Å². The van der Waals surface area contributed by atoms with E-state index in [2.05, 4.69) is 10.3 Å². The van der Waals surface area contributed by atoms with Crippen LogP contribution in [0.25, 0.3) is 0 Å². The van der Waals surface area contributed by atoms with Gasteiger partial charge in [-0.1, -0.05) is 18.2 Å². The summed E-state index contributed by atoms with van der Waals surface area (Å²) in [6.45, 7) is 3.80. The van der Waals surface area contributed by atoms with Crippen LogP contribution in [0.1, 0.15) is 43.2 Å². The molecule has 1 aliphatic heterocycles. The zero-order valence-corrected chi connectivity index (χ0v) is 17.4. The summed E-state index contributed by atoms with van der Waals surface area (Å²) in [6.07, 6.45) is 3.68. The number of aryl methyl sites for hydroxylation is 1. The molecule has 0 saturated carbocycles. The number of methoxy groups -OCH3 is 1. The molecular formula is C24H25N3O3. The molecule has 2 atom stereocenters. The Hall–Kier alpha value is -3.28. The topological polar surface area (TPSA) is 80.6 Å². The van der Waals surface area contributed by atoms with Crippen LogP contribution in [-0.2, 0) is 9.59 Å². The van der Waals surface area contributed by atoms with Gasteiger partial charge in [0.1, 0.15) is 11.6 Å². The molecule has 6 nitrogen and oxygen atoms in total. The predicted molar refractivity (Wildman–Crippen MR) is 116 cm³/mol. The number of allylic oxidation sites excluding steroid dienone is 2. The van der Waals surface area contributed by atoms with Crippen molar-refractivity contribution < 1.29 is 14.3 Å². The number of rotatable bonds is 4. The predicted octanol–water partition coefficient (Wildman–Crippen LogP) is 4.22. The lowest BCUT2D eigenvalue weighted by Gasteiger charge is -2.35. The minimum Gasteiger partial charge on any atom is -0.496 e. The van der Waals surface area contributed by atoms with Crippen LogP contribution in [0, 0.1) is 12.8 Å². The number of anilines is 1. The highest BCUT2D eigenvalue weighted by atomic mass is 16.5. The highest BCUT2D eigenvalue weighted by Gasteiger charge is 2.43. The summed E-state index contributed by atoms with van der Waals surface area (Å²) in [5, 5.41) is 2.92. The Morgan fingerprint density at radius 2 is 1.97 bits per heavy atom. The number of hydrogen-bond donors (Lipinski definition) is 1. The van der Waals surface area contributed by atoms with E-state index in [0.29, 0.717) is 29.3 Å². The minimum absolute atomic E-state index is 0.0647. The first kappa shape index (κ1) is 20.0. The summed E-state index contributed by atoms with van der Waals surface area (Å²) in [6, 6.07) is 11.3. The van der Waals surface area contributed by atoms with Crippen LogP contribution < -0.4 is 10.1 Å². The lowest BCUT2D eigenvalue weighted by molar-refractivity contribution is -0.119. The fraction of sp³-hybridized carbons (Fsp3) is 0.333. The number of nitrogens with one attached hydrogen (secondary N) is 1. The number of ketones is 1. The summed E-state index contributed by atoms with van der Waals surface area (Å²) in [5.74, 6) is -0.0732. The molecule has 1 unspecified atom stereocenters. The average molecular weight is 403 g/mol. The van der Waals surface area contributed by atoms with Gasteiger partial charge in [0, 0.05) is 41.1 Å². The van der Waals surface area contributed by atoms with E-state index >= 15 is 0 Å². The Morgan fingerprint density at radius 3 is 2.73 bits per heavy atom. The van der Waals surface area contributed by atoms with Crippen LogP contribution in [0.15, 0.2) is 58.9 Å². The largest absolute Gasteiger partial charge is 0.496 e. The number of nitrogens with zero attached hydrogens (tertiary/aromatic N) is 2. The van der Waals surface area contributed by atoms with Crippen molar-refractivity contribution in [3.63, 3.8) is 0 Å². The fourth-order valence-corrected chi connectivity index (χ4v) is 4.41. The van der Waals surface area contributed by atoms with E-state index in [1.54, 1.807) is 13.3 Å². The number of ether oxygens (including phenoxy) is 1. The van der Waals surface area contributed by atoms with Gasteiger partial charge in [-0.05, 0) is 50.5 Å². The van der Waals surface area contributed by atoms with Crippen molar-refractivity contribution in [2.45, 2.75) is 39.0 Å². The zero-order valence-electron chi connectivity index (χ0n) is 17.4. The van der Waals surface area contributed by atoms with E-state index < -0.39 is 11.8 Å². The third-order valence-corrected chi connectivity index (χ3v) is 5.76. The number of amides is 1. The highest BCUT2D eigenvalue weighted by Crippen LogP contribution is 2.45. The van der Waals surface area contributed by atoms with Crippen molar-refractivity contribution in [1.82, 2.24) is 4.98 Å². The molecule has 1 amide bonds. The Balaban J connectivity index is 1.81. The Labute approximate surface area is 176 Å². The summed E-state index contributed by atoms with van der Waals surface area (Å²) >= 11 is 0. The maximum Gasteiger partial charge on any atom is 0.235 e. The molecule has 6 heteroatoms. The van der Waals surface area contributed by atoms with Gasteiger partial charge in [0.2, 0.25) is 5.91 Å². The van der Waals surface area contributed by atoms with Gasteiger partial charge in [0.05, 0.1) is 13.0 Å².